The molecule has 2 aliphatic rings. The Bertz CT molecular complexity index is 1260. The summed E-state index contributed by atoms with van der Waals surface area (Å²) in [6.45, 7) is 0. The average molecular weight is 441 g/mol. The summed E-state index contributed by atoms with van der Waals surface area (Å²) in [5, 5.41) is 25.0. The fraction of sp³-hybridized carbons (Fsp3) is 0.0769. The molecular formula is C26H17BrO2. The van der Waals surface area contributed by atoms with Crippen LogP contribution < -0.4 is 0 Å². The Balaban J connectivity index is 1.78. The number of rotatable bonds is 1. The molecule has 1 unspecified atom stereocenters. The van der Waals surface area contributed by atoms with E-state index in [-0.39, 0.29) is 0 Å². The van der Waals surface area contributed by atoms with Gasteiger partial charge in [0.15, 0.2) is 11.2 Å². The summed E-state index contributed by atoms with van der Waals surface area (Å²) in [5.74, 6) is 0. The van der Waals surface area contributed by atoms with E-state index in [1.165, 1.54) is 0 Å². The van der Waals surface area contributed by atoms with E-state index in [0.29, 0.717) is 5.56 Å². The monoisotopic (exact) mass is 440 g/mol. The Morgan fingerprint density at radius 3 is 1.34 bits per heavy atom. The topological polar surface area (TPSA) is 40.5 Å². The van der Waals surface area contributed by atoms with E-state index < -0.39 is 11.2 Å². The summed E-state index contributed by atoms with van der Waals surface area (Å²) in [7, 11) is 0. The molecule has 0 aromatic heterocycles. The van der Waals surface area contributed by atoms with Gasteiger partial charge in [-0.15, -0.1) is 0 Å². The second kappa shape index (κ2) is 5.67. The third kappa shape index (κ3) is 1.93. The summed E-state index contributed by atoms with van der Waals surface area (Å²) in [4.78, 5) is 0. The molecule has 0 heterocycles. The molecule has 1 atom stereocenters. The molecule has 0 fully saturated rings. The SMILES string of the molecule is OC1(C2(O)c3ccccc3-c3ccc(Br)cc32)c2ccccc2-c2ccccc21. The summed E-state index contributed by atoms with van der Waals surface area (Å²) in [5.41, 5.74) is 3.48. The Morgan fingerprint density at radius 1 is 0.483 bits per heavy atom. The van der Waals surface area contributed by atoms with E-state index in [9.17, 15) is 10.2 Å². The number of benzene rings is 4. The zero-order valence-electron chi connectivity index (χ0n) is 15.4. The van der Waals surface area contributed by atoms with Crippen molar-refractivity contribution in [1.82, 2.24) is 0 Å². The molecule has 2 aliphatic carbocycles. The number of aliphatic hydroxyl groups is 2. The van der Waals surface area contributed by atoms with Gasteiger partial charge in [-0.3, -0.25) is 0 Å². The molecule has 0 spiro atoms. The first kappa shape index (κ1) is 17.2. The quantitative estimate of drug-likeness (QED) is 0.405. The molecule has 0 radical (unpaired) electrons. The third-order valence-electron chi connectivity index (χ3n) is 6.43. The van der Waals surface area contributed by atoms with Crippen molar-refractivity contribution >= 4 is 15.9 Å². The Hall–Kier alpha value is -2.72. The summed E-state index contributed by atoms with van der Waals surface area (Å²) in [6.07, 6.45) is 0. The van der Waals surface area contributed by atoms with Crippen LogP contribution in [0, 0.1) is 0 Å². The van der Waals surface area contributed by atoms with Crippen LogP contribution in [-0.4, -0.2) is 10.2 Å². The molecular weight excluding hydrogens is 424 g/mol. The predicted octanol–water partition coefficient (Wildman–Crippen LogP) is 5.58. The fourth-order valence-electron chi connectivity index (χ4n) is 5.22. The number of hydrogen-bond donors (Lipinski definition) is 2. The lowest BCUT2D eigenvalue weighted by molar-refractivity contribution is -0.107. The van der Waals surface area contributed by atoms with Crippen LogP contribution in [0.25, 0.3) is 22.3 Å². The van der Waals surface area contributed by atoms with E-state index in [4.69, 9.17) is 0 Å². The van der Waals surface area contributed by atoms with E-state index in [2.05, 4.69) is 15.9 Å². The lowest BCUT2D eigenvalue weighted by Crippen LogP contribution is -2.48. The molecule has 2 N–H and O–H groups in total. The molecule has 0 amide bonds. The van der Waals surface area contributed by atoms with Crippen molar-refractivity contribution in [3.8, 4) is 22.3 Å². The van der Waals surface area contributed by atoms with Crippen molar-refractivity contribution in [3.05, 3.63) is 118 Å². The predicted molar refractivity (Wildman–Crippen MR) is 117 cm³/mol. The van der Waals surface area contributed by atoms with Crippen molar-refractivity contribution in [2.24, 2.45) is 0 Å². The highest BCUT2D eigenvalue weighted by atomic mass is 79.9. The molecule has 4 aromatic carbocycles. The van der Waals surface area contributed by atoms with Crippen molar-refractivity contribution in [3.63, 3.8) is 0 Å². The number of hydrogen-bond acceptors (Lipinski definition) is 2. The van der Waals surface area contributed by atoms with E-state index >= 15 is 0 Å². The maximum atomic E-state index is 12.5. The minimum Gasteiger partial charge on any atom is -0.377 e. The zero-order chi connectivity index (χ0) is 19.8. The van der Waals surface area contributed by atoms with Crippen LogP contribution in [-0.2, 0) is 11.2 Å². The molecule has 0 saturated carbocycles. The third-order valence-corrected chi connectivity index (χ3v) is 6.92. The van der Waals surface area contributed by atoms with Gasteiger partial charge in [0.2, 0.25) is 0 Å². The van der Waals surface area contributed by atoms with Gasteiger partial charge in [-0.25, -0.2) is 0 Å². The van der Waals surface area contributed by atoms with Crippen LogP contribution in [0.1, 0.15) is 22.3 Å². The Morgan fingerprint density at radius 2 is 0.862 bits per heavy atom. The minimum atomic E-state index is -1.62. The summed E-state index contributed by atoms with van der Waals surface area (Å²) in [6, 6.07) is 29.4. The van der Waals surface area contributed by atoms with Crippen molar-refractivity contribution in [2.75, 3.05) is 0 Å². The number of halogens is 1. The van der Waals surface area contributed by atoms with E-state index in [0.717, 1.165) is 43.4 Å². The normalized spacial score (nSPS) is 20.0. The van der Waals surface area contributed by atoms with Crippen LogP contribution in [0.15, 0.2) is 95.5 Å². The van der Waals surface area contributed by atoms with Crippen LogP contribution >= 0.6 is 15.9 Å². The minimum absolute atomic E-state index is 0.710. The molecule has 0 aliphatic heterocycles. The molecule has 140 valence electrons. The first-order valence-electron chi connectivity index (χ1n) is 9.61. The molecule has 0 saturated heterocycles. The van der Waals surface area contributed by atoms with Crippen molar-refractivity contribution in [1.29, 1.82) is 0 Å². The summed E-state index contributed by atoms with van der Waals surface area (Å²) < 4.78 is 0.866. The van der Waals surface area contributed by atoms with Gasteiger partial charge in [0.1, 0.15) is 0 Å². The van der Waals surface area contributed by atoms with Gasteiger partial charge in [-0.05, 0) is 51.1 Å². The van der Waals surface area contributed by atoms with Crippen LogP contribution in [0.5, 0.6) is 0 Å². The molecule has 6 rings (SSSR count). The molecule has 2 nitrogen and oxygen atoms in total. The van der Waals surface area contributed by atoms with Gasteiger partial charge in [0, 0.05) is 10.0 Å². The Labute approximate surface area is 177 Å². The van der Waals surface area contributed by atoms with Gasteiger partial charge in [0.05, 0.1) is 0 Å². The van der Waals surface area contributed by atoms with E-state index in [1.54, 1.807) is 0 Å². The first-order valence-corrected chi connectivity index (χ1v) is 10.4. The highest BCUT2D eigenvalue weighted by molar-refractivity contribution is 9.10. The largest absolute Gasteiger partial charge is 0.377 e. The highest BCUT2D eigenvalue weighted by Crippen LogP contribution is 2.62. The Kier molecular flexibility index (Phi) is 3.35. The number of fused-ring (bicyclic) bond motifs is 6. The zero-order valence-corrected chi connectivity index (χ0v) is 17.0. The van der Waals surface area contributed by atoms with Crippen LogP contribution in [0.2, 0.25) is 0 Å². The van der Waals surface area contributed by atoms with Crippen molar-refractivity contribution in [2.45, 2.75) is 11.2 Å². The molecule has 29 heavy (non-hydrogen) atoms. The maximum Gasteiger partial charge on any atom is 0.153 e. The highest BCUT2D eigenvalue weighted by Gasteiger charge is 2.61. The van der Waals surface area contributed by atoms with Crippen LogP contribution in [0.4, 0.5) is 0 Å². The van der Waals surface area contributed by atoms with Crippen LogP contribution in [0.3, 0.4) is 0 Å². The molecule has 4 aromatic rings. The van der Waals surface area contributed by atoms with E-state index in [1.807, 2.05) is 91.0 Å². The standard InChI is InChI=1S/C26H17BrO2/c27-16-13-14-20-19-9-3-6-12-23(19)26(29,24(20)15-16)25(28)21-10-4-1-7-17(21)18-8-2-5-11-22(18)25/h1-15,28-29H. The maximum absolute atomic E-state index is 12.5. The second-order valence-corrected chi connectivity index (χ2v) is 8.66. The summed E-state index contributed by atoms with van der Waals surface area (Å²) >= 11 is 3.56. The lowest BCUT2D eigenvalue weighted by Gasteiger charge is -2.41. The lowest BCUT2D eigenvalue weighted by atomic mass is 9.70. The molecule has 0 bridgehead atoms. The first-order chi connectivity index (χ1) is 14.1. The molecule has 3 heteroatoms. The average Bonchev–Trinajstić information content (AvgIpc) is 3.18. The fourth-order valence-corrected chi connectivity index (χ4v) is 5.58. The second-order valence-electron chi connectivity index (χ2n) is 7.75. The van der Waals surface area contributed by atoms with Gasteiger partial charge < -0.3 is 10.2 Å². The van der Waals surface area contributed by atoms with Gasteiger partial charge in [-0.1, -0.05) is 94.8 Å². The van der Waals surface area contributed by atoms with Gasteiger partial charge in [-0.2, -0.15) is 0 Å². The van der Waals surface area contributed by atoms with Crippen molar-refractivity contribution < 1.29 is 10.2 Å². The van der Waals surface area contributed by atoms with Gasteiger partial charge >= 0.3 is 0 Å². The van der Waals surface area contributed by atoms with Gasteiger partial charge in [0.25, 0.3) is 0 Å². The smallest absolute Gasteiger partial charge is 0.153 e.